The fourth-order valence-electron chi connectivity index (χ4n) is 4.09. The van der Waals surface area contributed by atoms with Crippen LogP contribution in [0.5, 0.6) is 0 Å². The standard InChI is InChI=1S/C26H30FNO4/c1-6-13-32-24(31)17-8-10-21(20(27)15-17)28-23(30)22(29)16-7-9-18-19(14-16)26(4,5)12-11-25(18,2)3/h6-10,14-15,22,29H,1,11-13H2,2-5H3,(H,28,30)/t22-/m0/s1/i22+2,23+2. The van der Waals surface area contributed by atoms with Crippen LogP contribution in [-0.2, 0) is 20.4 Å². The number of nitrogens with one attached hydrogen (secondary N) is 1. The Morgan fingerprint density at radius 3 is 2.47 bits per heavy atom. The lowest BCUT2D eigenvalue weighted by atomic mass is 9.63. The Bertz CT molecular complexity index is 1060. The van der Waals surface area contributed by atoms with Crippen LogP contribution >= 0.6 is 0 Å². The van der Waals surface area contributed by atoms with Crippen LogP contribution < -0.4 is 5.32 Å². The van der Waals surface area contributed by atoms with Crippen molar-refractivity contribution in [1.29, 1.82) is 0 Å². The summed E-state index contributed by atoms with van der Waals surface area (Å²) in [7, 11) is 0. The van der Waals surface area contributed by atoms with E-state index in [0.29, 0.717) is 5.56 Å². The van der Waals surface area contributed by atoms with Gasteiger partial charge in [0.05, 0.1) is 11.3 Å². The summed E-state index contributed by atoms with van der Waals surface area (Å²) in [6, 6.07) is 9.21. The molecule has 0 heterocycles. The minimum atomic E-state index is -1.46. The van der Waals surface area contributed by atoms with E-state index in [2.05, 4.69) is 39.6 Å². The molecule has 0 saturated heterocycles. The van der Waals surface area contributed by atoms with Crippen molar-refractivity contribution in [3.8, 4) is 0 Å². The number of halogens is 1. The number of hydrogen-bond acceptors (Lipinski definition) is 4. The van der Waals surface area contributed by atoms with Gasteiger partial charge in [0.1, 0.15) is 12.4 Å². The topological polar surface area (TPSA) is 75.6 Å². The number of fused-ring (bicyclic) bond motifs is 1. The minimum Gasteiger partial charge on any atom is -0.458 e. The molecular weight excluding hydrogens is 413 g/mol. The van der Waals surface area contributed by atoms with E-state index in [-0.39, 0.29) is 28.7 Å². The first-order chi connectivity index (χ1) is 15.0. The van der Waals surface area contributed by atoms with Crippen LogP contribution in [0.15, 0.2) is 49.1 Å². The SMILES string of the molecule is C=CCOC(=O)c1ccc(N[14C](=O)[14C@@H](O)c2ccc3c(c2)C(C)(C)CCC3(C)C)c(F)c1. The summed E-state index contributed by atoms with van der Waals surface area (Å²) in [5.41, 5.74) is 2.63. The van der Waals surface area contributed by atoms with Crippen molar-refractivity contribution in [2.75, 3.05) is 11.9 Å². The summed E-state index contributed by atoms with van der Waals surface area (Å²) in [6.07, 6.45) is 2.02. The molecule has 6 heteroatoms. The number of ether oxygens (including phenoxy) is 1. The molecule has 1 aliphatic carbocycles. The van der Waals surface area contributed by atoms with Crippen molar-refractivity contribution in [1.82, 2.24) is 0 Å². The molecule has 2 N–H and O–H groups in total. The second kappa shape index (κ2) is 8.87. The van der Waals surface area contributed by atoms with E-state index in [1.807, 2.05) is 12.1 Å². The van der Waals surface area contributed by atoms with Crippen LogP contribution in [0, 0.1) is 5.82 Å². The highest BCUT2D eigenvalue weighted by Gasteiger charge is 2.37. The van der Waals surface area contributed by atoms with Gasteiger partial charge in [-0.3, -0.25) is 4.79 Å². The maximum absolute atomic E-state index is 14.4. The first-order valence-electron chi connectivity index (χ1n) is 10.7. The molecule has 0 aromatic heterocycles. The van der Waals surface area contributed by atoms with Gasteiger partial charge in [0.2, 0.25) is 0 Å². The number of benzene rings is 2. The van der Waals surface area contributed by atoms with Gasteiger partial charge in [0.25, 0.3) is 5.91 Å². The Labute approximate surface area is 188 Å². The van der Waals surface area contributed by atoms with Gasteiger partial charge in [0.15, 0.2) is 6.10 Å². The number of hydrogen-bond donors (Lipinski definition) is 2. The molecule has 3 rings (SSSR count). The number of carbonyl (C=O) groups excluding carboxylic acids is 2. The Morgan fingerprint density at radius 1 is 1.19 bits per heavy atom. The molecule has 170 valence electrons. The van der Waals surface area contributed by atoms with Crippen molar-refractivity contribution >= 4 is 17.6 Å². The third-order valence-corrected chi connectivity index (χ3v) is 6.24. The molecule has 2 aromatic rings. The summed E-state index contributed by atoms with van der Waals surface area (Å²) in [6.45, 7) is 12.2. The van der Waals surface area contributed by atoms with E-state index in [0.717, 1.165) is 24.5 Å². The number of carbonyl (C=O) groups is 2. The average Bonchev–Trinajstić information content (AvgIpc) is 2.75. The quantitative estimate of drug-likeness (QED) is 0.476. The summed E-state index contributed by atoms with van der Waals surface area (Å²) < 4.78 is 19.3. The van der Waals surface area contributed by atoms with Crippen LogP contribution in [0.3, 0.4) is 0 Å². The van der Waals surface area contributed by atoms with Crippen LogP contribution in [-0.4, -0.2) is 23.6 Å². The molecule has 32 heavy (non-hydrogen) atoms. The normalized spacial score (nSPS) is 17.1. The molecule has 0 fully saturated rings. The second-order valence-electron chi connectivity index (χ2n) is 9.55. The fraction of sp³-hybridized carbons (Fsp3) is 0.385. The van der Waals surface area contributed by atoms with E-state index in [1.165, 1.54) is 23.8 Å². The van der Waals surface area contributed by atoms with Gasteiger partial charge in [0, 0.05) is 0 Å². The van der Waals surface area contributed by atoms with E-state index in [9.17, 15) is 19.1 Å². The van der Waals surface area contributed by atoms with Crippen molar-refractivity contribution in [2.24, 2.45) is 0 Å². The molecule has 5 nitrogen and oxygen atoms in total. The predicted octanol–water partition coefficient (Wildman–Crippen LogP) is 5.19. The zero-order valence-electron chi connectivity index (χ0n) is 19.0. The maximum Gasteiger partial charge on any atom is 0.338 e. The van der Waals surface area contributed by atoms with E-state index < -0.39 is 23.8 Å². The summed E-state index contributed by atoms with van der Waals surface area (Å²) >= 11 is 0. The molecule has 0 saturated carbocycles. The van der Waals surface area contributed by atoms with Gasteiger partial charge in [-0.1, -0.05) is 58.5 Å². The van der Waals surface area contributed by atoms with Crippen LogP contribution in [0.2, 0.25) is 0 Å². The maximum atomic E-state index is 14.4. The molecule has 0 radical (unpaired) electrons. The Hall–Kier alpha value is -2.99. The van der Waals surface area contributed by atoms with Gasteiger partial charge < -0.3 is 15.2 Å². The minimum absolute atomic E-state index is 0.0138. The molecule has 1 aliphatic rings. The molecule has 0 aliphatic heterocycles. The molecule has 0 unspecified atom stereocenters. The lowest BCUT2D eigenvalue weighted by molar-refractivity contribution is -0.124. The van der Waals surface area contributed by atoms with Crippen LogP contribution in [0.25, 0.3) is 0 Å². The molecule has 1 atom stereocenters. The number of anilines is 1. The zero-order chi connectivity index (χ0) is 23.7. The smallest absolute Gasteiger partial charge is 0.338 e. The van der Waals surface area contributed by atoms with Gasteiger partial charge in [-0.25, -0.2) is 9.18 Å². The lowest BCUT2D eigenvalue weighted by Gasteiger charge is -2.42. The van der Waals surface area contributed by atoms with Gasteiger partial charge in [-0.2, -0.15) is 0 Å². The molecule has 0 spiro atoms. The van der Waals surface area contributed by atoms with Crippen molar-refractivity contribution < 1.29 is 23.8 Å². The predicted molar refractivity (Wildman–Crippen MR) is 122 cm³/mol. The average molecular weight is 444 g/mol. The summed E-state index contributed by atoms with van der Waals surface area (Å²) in [5.74, 6) is -2.24. The summed E-state index contributed by atoms with van der Waals surface area (Å²) in [4.78, 5) is 24.5. The Morgan fingerprint density at radius 2 is 1.84 bits per heavy atom. The highest BCUT2D eigenvalue weighted by atomic mass is 19.1. The van der Waals surface area contributed by atoms with Crippen molar-refractivity contribution in [3.05, 3.63) is 77.1 Å². The number of aliphatic hydroxyl groups is 1. The Kier molecular flexibility index (Phi) is 6.56. The summed E-state index contributed by atoms with van der Waals surface area (Å²) in [5, 5.41) is 13.1. The molecule has 2 aromatic carbocycles. The number of esters is 1. The zero-order valence-corrected chi connectivity index (χ0v) is 19.0. The largest absolute Gasteiger partial charge is 0.458 e. The highest BCUT2D eigenvalue weighted by Crippen LogP contribution is 2.46. The number of aliphatic hydroxyl groups excluding tert-OH is 1. The van der Waals surface area contributed by atoms with Gasteiger partial charge in [-0.05, 0) is 58.6 Å². The third kappa shape index (κ3) is 4.75. The lowest BCUT2D eigenvalue weighted by Crippen LogP contribution is -2.34. The van der Waals surface area contributed by atoms with Crippen LogP contribution in [0.4, 0.5) is 10.1 Å². The molecule has 1 amide bonds. The molecular formula is C26H30FNO4. The Balaban J connectivity index is 1.79. The molecule has 0 bridgehead atoms. The van der Waals surface area contributed by atoms with Gasteiger partial charge in [-0.15, -0.1) is 0 Å². The van der Waals surface area contributed by atoms with E-state index in [4.69, 9.17) is 4.74 Å². The third-order valence-electron chi connectivity index (χ3n) is 6.24. The second-order valence-corrected chi connectivity index (χ2v) is 9.55. The van der Waals surface area contributed by atoms with Crippen molar-refractivity contribution in [3.63, 3.8) is 0 Å². The van der Waals surface area contributed by atoms with Crippen LogP contribution in [0.1, 0.15) is 73.7 Å². The van der Waals surface area contributed by atoms with Gasteiger partial charge >= 0.3 is 5.97 Å². The van der Waals surface area contributed by atoms with E-state index in [1.54, 1.807) is 6.07 Å². The first-order valence-corrected chi connectivity index (χ1v) is 10.7. The van der Waals surface area contributed by atoms with E-state index >= 15 is 0 Å². The number of rotatable bonds is 6. The first kappa shape index (κ1) is 23.7. The number of amides is 1. The highest BCUT2D eigenvalue weighted by molar-refractivity contribution is 5.96. The monoisotopic (exact) mass is 443 g/mol. The van der Waals surface area contributed by atoms with Crippen molar-refractivity contribution in [2.45, 2.75) is 57.5 Å². The fourth-order valence-corrected chi connectivity index (χ4v) is 4.09.